The highest BCUT2D eigenvalue weighted by molar-refractivity contribution is 7.09. The zero-order valence-corrected chi connectivity index (χ0v) is 12.6. The topological polar surface area (TPSA) is 36.4 Å². The standard InChI is InChI=1S/C15H25N3S/c1-2-16-15(18-13-7-4-3-5-8-13)17-11-10-14-9-6-12-19-14/h6,9,12-13H,2-5,7-8,10-11H2,1H3,(H2,16,17,18). The minimum absolute atomic E-state index is 0.619. The van der Waals surface area contributed by atoms with Crippen molar-refractivity contribution in [2.24, 2.45) is 4.99 Å². The monoisotopic (exact) mass is 279 g/mol. The Balaban J connectivity index is 1.79. The summed E-state index contributed by atoms with van der Waals surface area (Å²) >= 11 is 1.81. The molecule has 0 bridgehead atoms. The van der Waals surface area contributed by atoms with E-state index in [1.165, 1.54) is 37.0 Å². The van der Waals surface area contributed by atoms with Crippen LogP contribution in [0.1, 0.15) is 43.9 Å². The molecule has 1 aromatic rings. The van der Waals surface area contributed by atoms with E-state index in [0.717, 1.165) is 25.5 Å². The van der Waals surface area contributed by atoms with Gasteiger partial charge in [-0.25, -0.2) is 0 Å². The van der Waals surface area contributed by atoms with E-state index in [4.69, 9.17) is 0 Å². The lowest BCUT2D eigenvalue weighted by atomic mass is 9.96. The number of aliphatic imine (C=N–C) groups is 1. The zero-order chi connectivity index (χ0) is 13.3. The van der Waals surface area contributed by atoms with Crippen molar-refractivity contribution < 1.29 is 0 Å². The highest BCUT2D eigenvalue weighted by atomic mass is 32.1. The number of nitrogens with zero attached hydrogens (tertiary/aromatic N) is 1. The molecule has 3 nitrogen and oxygen atoms in total. The quantitative estimate of drug-likeness (QED) is 0.641. The minimum Gasteiger partial charge on any atom is -0.357 e. The van der Waals surface area contributed by atoms with E-state index >= 15 is 0 Å². The fourth-order valence-electron chi connectivity index (χ4n) is 2.49. The van der Waals surface area contributed by atoms with Gasteiger partial charge in [0.05, 0.1) is 0 Å². The van der Waals surface area contributed by atoms with Gasteiger partial charge >= 0.3 is 0 Å². The molecule has 106 valence electrons. The van der Waals surface area contributed by atoms with Crippen LogP contribution in [0.25, 0.3) is 0 Å². The fourth-order valence-corrected chi connectivity index (χ4v) is 3.19. The predicted octanol–water partition coefficient (Wildman–Crippen LogP) is 3.18. The molecule has 0 amide bonds. The fraction of sp³-hybridized carbons (Fsp3) is 0.667. The van der Waals surface area contributed by atoms with Gasteiger partial charge in [-0.3, -0.25) is 4.99 Å². The number of nitrogens with one attached hydrogen (secondary N) is 2. The molecule has 0 spiro atoms. The van der Waals surface area contributed by atoms with Gasteiger partial charge in [-0.2, -0.15) is 0 Å². The largest absolute Gasteiger partial charge is 0.357 e. The zero-order valence-electron chi connectivity index (χ0n) is 11.8. The van der Waals surface area contributed by atoms with Crippen LogP contribution in [0.4, 0.5) is 0 Å². The second-order valence-electron chi connectivity index (χ2n) is 5.07. The van der Waals surface area contributed by atoms with Crippen molar-refractivity contribution in [2.75, 3.05) is 13.1 Å². The summed E-state index contributed by atoms with van der Waals surface area (Å²) in [7, 11) is 0. The Labute approximate surface area is 120 Å². The normalized spacial score (nSPS) is 17.4. The molecule has 0 aliphatic heterocycles. The highest BCUT2D eigenvalue weighted by Gasteiger charge is 2.14. The molecule has 2 N–H and O–H groups in total. The first-order chi connectivity index (χ1) is 9.38. The van der Waals surface area contributed by atoms with Gasteiger partial charge in [-0.1, -0.05) is 25.3 Å². The van der Waals surface area contributed by atoms with Crippen LogP contribution < -0.4 is 10.6 Å². The van der Waals surface area contributed by atoms with Gasteiger partial charge in [0.15, 0.2) is 5.96 Å². The van der Waals surface area contributed by atoms with E-state index in [0.29, 0.717) is 6.04 Å². The Morgan fingerprint density at radius 1 is 1.37 bits per heavy atom. The highest BCUT2D eigenvalue weighted by Crippen LogP contribution is 2.17. The Bertz CT molecular complexity index is 367. The van der Waals surface area contributed by atoms with Gasteiger partial charge < -0.3 is 10.6 Å². The minimum atomic E-state index is 0.619. The first kappa shape index (κ1) is 14.4. The van der Waals surface area contributed by atoms with Gasteiger partial charge in [0.2, 0.25) is 0 Å². The third kappa shape index (κ3) is 5.23. The van der Waals surface area contributed by atoms with E-state index in [1.807, 2.05) is 11.3 Å². The Morgan fingerprint density at radius 3 is 2.89 bits per heavy atom. The van der Waals surface area contributed by atoms with E-state index in [9.17, 15) is 0 Å². The van der Waals surface area contributed by atoms with Crippen LogP contribution in [0.3, 0.4) is 0 Å². The first-order valence-corrected chi connectivity index (χ1v) is 8.33. The SMILES string of the molecule is CCNC(=NCCc1cccs1)NC1CCCCC1. The van der Waals surface area contributed by atoms with Crippen molar-refractivity contribution in [2.45, 2.75) is 51.5 Å². The molecule has 2 rings (SSSR count). The summed E-state index contributed by atoms with van der Waals surface area (Å²) in [5.74, 6) is 0.992. The molecule has 1 aliphatic rings. The molecule has 4 heteroatoms. The molecular formula is C15H25N3S. The van der Waals surface area contributed by atoms with Gasteiger partial charge in [-0.05, 0) is 31.2 Å². The predicted molar refractivity (Wildman–Crippen MR) is 84.0 cm³/mol. The summed E-state index contributed by atoms with van der Waals surface area (Å²) in [6.45, 7) is 3.91. The molecule has 0 saturated heterocycles. The van der Waals surface area contributed by atoms with Crippen molar-refractivity contribution in [3.63, 3.8) is 0 Å². The lowest BCUT2D eigenvalue weighted by Crippen LogP contribution is -2.44. The van der Waals surface area contributed by atoms with Gasteiger partial charge in [0, 0.05) is 30.4 Å². The molecule has 1 heterocycles. The smallest absolute Gasteiger partial charge is 0.191 e. The summed E-state index contributed by atoms with van der Waals surface area (Å²) in [5.41, 5.74) is 0. The molecule has 0 atom stereocenters. The van der Waals surface area contributed by atoms with E-state index in [-0.39, 0.29) is 0 Å². The third-order valence-corrected chi connectivity index (χ3v) is 4.43. The van der Waals surface area contributed by atoms with Gasteiger partial charge in [0.25, 0.3) is 0 Å². The average molecular weight is 279 g/mol. The molecule has 19 heavy (non-hydrogen) atoms. The molecule has 0 radical (unpaired) electrons. The lowest BCUT2D eigenvalue weighted by molar-refractivity contribution is 0.410. The second-order valence-corrected chi connectivity index (χ2v) is 6.10. The first-order valence-electron chi connectivity index (χ1n) is 7.45. The summed E-state index contributed by atoms with van der Waals surface area (Å²) in [6, 6.07) is 4.91. The molecule has 0 aromatic carbocycles. The maximum atomic E-state index is 4.68. The van der Waals surface area contributed by atoms with Crippen molar-refractivity contribution >= 4 is 17.3 Å². The van der Waals surface area contributed by atoms with Crippen LogP contribution in [0.5, 0.6) is 0 Å². The summed E-state index contributed by atoms with van der Waals surface area (Å²) in [4.78, 5) is 6.10. The molecule has 1 fully saturated rings. The molecule has 0 unspecified atom stereocenters. The third-order valence-electron chi connectivity index (χ3n) is 3.50. The molecule has 1 aliphatic carbocycles. The van der Waals surface area contributed by atoms with Crippen LogP contribution in [0, 0.1) is 0 Å². The molecular weight excluding hydrogens is 254 g/mol. The van der Waals surface area contributed by atoms with E-state index in [1.54, 1.807) is 0 Å². The summed E-state index contributed by atoms with van der Waals surface area (Å²) in [6.07, 6.45) is 7.71. The molecule has 1 saturated carbocycles. The van der Waals surface area contributed by atoms with Crippen molar-refractivity contribution in [3.05, 3.63) is 22.4 Å². The average Bonchev–Trinajstić information content (AvgIpc) is 2.93. The number of thiophene rings is 1. The van der Waals surface area contributed by atoms with Crippen LogP contribution in [0.2, 0.25) is 0 Å². The lowest BCUT2D eigenvalue weighted by Gasteiger charge is -2.24. The number of rotatable bonds is 5. The van der Waals surface area contributed by atoms with Crippen LogP contribution >= 0.6 is 11.3 Å². The van der Waals surface area contributed by atoms with E-state index < -0.39 is 0 Å². The van der Waals surface area contributed by atoms with Gasteiger partial charge in [-0.15, -0.1) is 11.3 Å². The second kappa shape index (κ2) is 8.20. The van der Waals surface area contributed by atoms with E-state index in [2.05, 4.69) is 40.1 Å². The van der Waals surface area contributed by atoms with Crippen LogP contribution in [0.15, 0.2) is 22.5 Å². The van der Waals surface area contributed by atoms with Crippen LogP contribution in [-0.2, 0) is 6.42 Å². The van der Waals surface area contributed by atoms with Crippen molar-refractivity contribution in [3.8, 4) is 0 Å². The van der Waals surface area contributed by atoms with Crippen molar-refractivity contribution in [1.29, 1.82) is 0 Å². The summed E-state index contributed by atoms with van der Waals surface area (Å²) in [5, 5.41) is 9.06. The van der Waals surface area contributed by atoms with Crippen LogP contribution in [-0.4, -0.2) is 25.1 Å². The maximum Gasteiger partial charge on any atom is 0.191 e. The number of hydrogen-bond donors (Lipinski definition) is 2. The van der Waals surface area contributed by atoms with Crippen molar-refractivity contribution in [1.82, 2.24) is 10.6 Å². The maximum absolute atomic E-state index is 4.68. The number of guanidine groups is 1. The Morgan fingerprint density at radius 2 is 2.21 bits per heavy atom. The Hall–Kier alpha value is -1.03. The van der Waals surface area contributed by atoms with Gasteiger partial charge in [0.1, 0.15) is 0 Å². The number of hydrogen-bond acceptors (Lipinski definition) is 2. The Kier molecular flexibility index (Phi) is 6.21. The molecule has 1 aromatic heterocycles. The summed E-state index contributed by atoms with van der Waals surface area (Å²) < 4.78 is 0.